The average molecular weight is 430 g/mol. The van der Waals surface area contributed by atoms with Crippen molar-refractivity contribution in [3.05, 3.63) is 56.5 Å². The van der Waals surface area contributed by atoms with Crippen molar-refractivity contribution in [1.29, 1.82) is 0 Å². The maximum Gasteiger partial charge on any atom is 0.0178 e. The molecule has 2 aromatic carbocycles. The third kappa shape index (κ3) is 1.38. The molecular formula is C21H18Br2. The van der Waals surface area contributed by atoms with Gasteiger partial charge >= 0.3 is 0 Å². The molecule has 2 heteroatoms. The Bertz CT molecular complexity index is 870. The smallest absolute Gasteiger partial charge is 0.0178 e. The van der Waals surface area contributed by atoms with Gasteiger partial charge in [-0.25, -0.2) is 0 Å². The van der Waals surface area contributed by atoms with Crippen molar-refractivity contribution in [2.75, 3.05) is 0 Å². The van der Waals surface area contributed by atoms with E-state index in [1.54, 1.807) is 11.1 Å². The maximum absolute atomic E-state index is 3.75. The second-order valence-electron chi connectivity index (χ2n) is 8.15. The molecule has 3 saturated carbocycles. The first kappa shape index (κ1) is 13.7. The zero-order chi connectivity index (χ0) is 15.4. The van der Waals surface area contributed by atoms with Crippen LogP contribution >= 0.6 is 31.9 Å². The summed E-state index contributed by atoms with van der Waals surface area (Å²) in [6.45, 7) is 0. The number of hydrogen-bond donors (Lipinski definition) is 0. The Balaban J connectivity index is 1.74. The third-order valence-electron chi connectivity index (χ3n) is 7.69. The zero-order valence-electron chi connectivity index (χ0n) is 12.9. The monoisotopic (exact) mass is 428 g/mol. The van der Waals surface area contributed by atoms with Gasteiger partial charge in [-0.05, 0) is 95.9 Å². The molecule has 4 aliphatic carbocycles. The number of hydrogen-bond acceptors (Lipinski definition) is 0. The molecule has 0 aliphatic heterocycles. The van der Waals surface area contributed by atoms with Crippen molar-refractivity contribution >= 4 is 31.9 Å². The Morgan fingerprint density at radius 1 is 0.870 bits per heavy atom. The molecule has 0 amide bonds. The minimum absolute atomic E-state index is 0.433. The first-order valence-corrected chi connectivity index (χ1v) is 10.3. The fourth-order valence-electron chi connectivity index (χ4n) is 6.98. The lowest BCUT2D eigenvalue weighted by atomic mass is 9.41. The highest BCUT2D eigenvalue weighted by Gasteiger charge is 2.73. The summed E-state index contributed by atoms with van der Waals surface area (Å²) in [7, 11) is 0. The molecule has 6 rings (SSSR count). The van der Waals surface area contributed by atoms with Gasteiger partial charge in [-0.3, -0.25) is 0 Å². The molecule has 2 unspecified atom stereocenters. The molecule has 2 aromatic rings. The van der Waals surface area contributed by atoms with Gasteiger partial charge in [0.25, 0.3) is 0 Å². The second-order valence-corrected chi connectivity index (χ2v) is 9.99. The molecule has 2 bridgehead atoms. The van der Waals surface area contributed by atoms with Crippen molar-refractivity contribution in [2.45, 2.75) is 43.4 Å². The van der Waals surface area contributed by atoms with Gasteiger partial charge in [0.15, 0.2) is 0 Å². The van der Waals surface area contributed by atoms with Crippen LogP contribution < -0.4 is 0 Å². The Hall–Kier alpha value is -0.600. The first-order valence-electron chi connectivity index (χ1n) is 8.75. The quantitative estimate of drug-likeness (QED) is 0.431. The van der Waals surface area contributed by atoms with Gasteiger partial charge in [0, 0.05) is 14.4 Å². The highest BCUT2D eigenvalue weighted by molar-refractivity contribution is 9.10. The van der Waals surface area contributed by atoms with Crippen molar-refractivity contribution in [3.63, 3.8) is 0 Å². The summed E-state index contributed by atoms with van der Waals surface area (Å²) in [6, 6.07) is 14.0. The highest BCUT2D eigenvalue weighted by atomic mass is 79.9. The minimum Gasteiger partial charge on any atom is -0.0530 e. The van der Waals surface area contributed by atoms with Gasteiger partial charge in [0.05, 0.1) is 0 Å². The number of rotatable bonds is 0. The molecule has 23 heavy (non-hydrogen) atoms. The Morgan fingerprint density at radius 3 is 2.43 bits per heavy atom. The topological polar surface area (TPSA) is 0 Å². The predicted octanol–water partition coefficient (Wildman–Crippen LogP) is 6.81. The molecule has 116 valence electrons. The largest absolute Gasteiger partial charge is 0.0530 e. The third-order valence-corrected chi connectivity index (χ3v) is 8.68. The van der Waals surface area contributed by atoms with E-state index < -0.39 is 0 Å². The highest BCUT2D eigenvalue weighted by Crippen LogP contribution is 2.81. The van der Waals surface area contributed by atoms with Gasteiger partial charge in [0.2, 0.25) is 0 Å². The van der Waals surface area contributed by atoms with E-state index in [4.69, 9.17) is 0 Å². The normalized spacial score (nSPS) is 38.3. The van der Waals surface area contributed by atoms with Crippen molar-refractivity contribution in [1.82, 2.24) is 0 Å². The Labute approximate surface area is 153 Å². The van der Waals surface area contributed by atoms with Crippen LogP contribution in [0, 0.1) is 11.3 Å². The summed E-state index contributed by atoms with van der Waals surface area (Å²) >= 11 is 7.48. The van der Waals surface area contributed by atoms with Gasteiger partial charge in [-0.15, -0.1) is 0 Å². The number of benzene rings is 2. The SMILES string of the molecule is Brc1ccc2c(c1)C1[C@@H]3CCC4(CC[C@@]14c1cc(Br)ccc1-2)C3. The van der Waals surface area contributed by atoms with Gasteiger partial charge in [-0.1, -0.05) is 44.0 Å². The zero-order valence-corrected chi connectivity index (χ0v) is 16.1. The molecule has 0 heterocycles. The van der Waals surface area contributed by atoms with Crippen LogP contribution in [0.5, 0.6) is 0 Å². The van der Waals surface area contributed by atoms with Crippen molar-refractivity contribution in [2.24, 2.45) is 11.3 Å². The van der Waals surface area contributed by atoms with E-state index in [1.165, 1.54) is 52.2 Å². The lowest BCUT2D eigenvalue weighted by Gasteiger charge is -2.62. The van der Waals surface area contributed by atoms with E-state index in [-0.39, 0.29) is 0 Å². The van der Waals surface area contributed by atoms with E-state index in [1.807, 2.05) is 0 Å². The molecule has 0 radical (unpaired) electrons. The number of halogens is 2. The van der Waals surface area contributed by atoms with Gasteiger partial charge in [-0.2, -0.15) is 0 Å². The van der Waals surface area contributed by atoms with Crippen LogP contribution in [0.3, 0.4) is 0 Å². The molecule has 3 fully saturated rings. The molecule has 0 nitrogen and oxygen atoms in total. The number of fused-ring (bicyclic) bond motifs is 6. The van der Waals surface area contributed by atoms with Gasteiger partial charge < -0.3 is 0 Å². The lowest BCUT2D eigenvalue weighted by Crippen LogP contribution is -2.56. The summed E-state index contributed by atoms with van der Waals surface area (Å²) in [5.74, 6) is 1.65. The van der Waals surface area contributed by atoms with Crippen molar-refractivity contribution in [3.8, 4) is 11.1 Å². The van der Waals surface area contributed by atoms with Crippen LogP contribution in [0.2, 0.25) is 0 Å². The van der Waals surface area contributed by atoms with Crippen LogP contribution in [0.25, 0.3) is 11.1 Å². The molecular weight excluding hydrogens is 412 g/mol. The van der Waals surface area contributed by atoms with E-state index in [2.05, 4.69) is 68.3 Å². The summed E-state index contributed by atoms with van der Waals surface area (Å²) in [6.07, 6.45) is 7.22. The van der Waals surface area contributed by atoms with E-state index in [0.717, 1.165) is 11.8 Å². The van der Waals surface area contributed by atoms with E-state index in [9.17, 15) is 0 Å². The summed E-state index contributed by atoms with van der Waals surface area (Å²) in [5.41, 5.74) is 7.31. The van der Waals surface area contributed by atoms with Crippen LogP contribution in [0.15, 0.2) is 45.3 Å². The average Bonchev–Trinajstić information content (AvgIpc) is 3.05. The molecule has 4 aliphatic rings. The molecule has 0 aromatic heterocycles. The minimum atomic E-state index is 0.433. The van der Waals surface area contributed by atoms with Crippen molar-refractivity contribution < 1.29 is 0 Å². The van der Waals surface area contributed by atoms with E-state index in [0.29, 0.717) is 10.8 Å². The van der Waals surface area contributed by atoms with Crippen LogP contribution in [-0.2, 0) is 5.41 Å². The lowest BCUT2D eigenvalue weighted by molar-refractivity contribution is -0.00354. The van der Waals surface area contributed by atoms with Gasteiger partial charge in [0.1, 0.15) is 0 Å². The first-order chi connectivity index (χ1) is 11.1. The summed E-state index contributed by atoms with van der Waals surface area (Å²) < 4.78 is 2.48. The Kier molecular flexibility index (Phi) is 2.46. The fraction of sp³-hybridized carbons (Fsp3) is 0.429. The van der Waals surface area contributed by atoms with Crippen LogP contribution in [0.4, 0.5) is 0 Å². The maximum atomic E-state index is 3.75. The fourth-order valence-corrected chi connectivity index (χ4v) is 7.72. The summed E-state index contributed by atoms with van der Waals surface area (Å²) in [4.78, 5) is 0. The van der Waals surface area contributed by atoms with Crippen LogP contribution in [-0.4, -0.2) is 0 Å². The molecule has 2 spiro atoms. The standard InChI is InChI=1S/C21H18Br2/c22-13-1-3-15-16-4-2-14(23)10-18(16)21-8-7-20(21)6-5-12(11-20)19(21)17(15)9-13/h1-4,9-10,12,19H,5-8,11H2/t12-,19?,20?,21-/m1/s1. The Morgan fingerprint density at radius 2 is 1.65 bits per heavy atom. The van der Waals surface area contributed by atoms with E-state index >= 15 is 0 Å². The molecule has 0 N–H and O–H groups in total. The second kappa shape index (κ2) is 4.14. The summed E-state index contributed by atoms with van der Waals surface area (Å²) in [5, 5.41) is 0. The van der Waals surface area contributed by atoms with Crippen LogP contribution in [0.1, 0.15) is 49.1 Å². The predicted molar refractivity (Wildman–Crippen MR) is 101 cm³/mol. The molecule has 4 atom stereocenters. The molecule has 0 saturated heterocycles.